The summed E-state index contributed by atoms with van der Waals surface area (Å²) in [4.78, 5) is 15.6. The van der Waals surface area contributed by atoms with Crippen LogP contribution in [-0.2, 0) is 9.53 Å². The smallest absolute Gasteiger partial charge is 0.236 e. The molecule has 2 N–H and O–H groups in total. The first-order chi connectivity index (χ1) is 9.89. The van der Waals surface area contributed by atoms with Gasteiger partial charge in [-0.2, -0.15) is 0 Å². The first-order valence-electron chi connectivity index (χ1n) is 8.07. The van der Waals surface area contributed by atoms with E-state index in [1.54, 1.807) is 0 Å². The molecule has 0 aliphatic carbocycles. The second-order valence-electron chi connectivity index (χ2n) is 6.38. The lowest BCUT2D eigenvalue weighted by Crippen LogP contribution is -2.56. The van der Waals surface area contributed by atoms with Crippen molar-refractivity contribution in [3.8, 4) is 0 Å². The minimum absolute atomic E-state index is 0.112. The molecule has 0 aromatic carbocycles. The van der Waals surface area contributed by atoms with Crippen molar-refractivity contribution in [2.24, 2.45) is 17.1 Å². The first kappa shape index (κ1) is 18.4. The van der Waals surface area contributed by atoms with Crippen LogP contribution in [0.1, 0.15) is 53.4 Å². The average molecular weight is 314 g/mol. The van der Waals surface area contributed by atoms with Crippen molar-refractivity contribution in [2.75, 3.05) is 19.8 Å². The fourth-order valence-corrected chi connectivity index (χ4v) is 3.37. The number of carbonyl (C=O) groups is 1. The first-order valence-corrected chi connectivity index (χ1v) is 8.48. The summed E-state index contributed by atoms with van der Waals surface area (Å²) >= 11 is 5.27. The number of nitrogens with two attached hydrogens (primary N) is 1. The topological polar surface area (TPSA) is 55.6 Å². The number of ether oxygens (including phenoxy) is 1. The van der Waals surface area contributed by atoms with Gasteiger partial charge in [-0.15, -0.1) is 0 Å². The zero-order valence-electron chi connectivity index (χ0n) is 13.9. The summed E-state index contributed by atoms with van der Waals surface area (Å²) in [7, 11) is 0. The number of amides is 1. The summed E-state index contributed by atoms with van der Waals surface area (Å²) in [5.74, 6) is 0.540. The van der Waals surface area contributed by atoms with Gasteiger partial charge in [0.1, 0.15) is 5.41 Å². The predicted molar refractivity (Wildman–Crippen MR) is 90.2 cm³/mol. The third-order valence-corrected chi connectivity index (χ3v) is 4.82. The minimum Gasteiger partial charge on any atom is -0.392 e. The second kappa shape index (κ2) is 8.08. The zero-order valence-corrected chi connectivity index (χ0v) is 14.7. The van der Waals surface area contributed by atoms with Crippen LogP contribution in [0.25, 0.3) is 0 Å². The zero-order chi connectivity index (χ0) is 16.0. The lowest BCUT2D eigenvalue weighted by molar-refractivity contribution is -0.145. The minimum atomic E-state index is -0.703. The number of nitrogens with zero attached hydrogens (tertiary/aromatic N) is 1. The number of thiocarbonyl (C=S) groups is 1. The standard InChI is InChI=1S/C16H30N2O2S/c1-5-13(6-2)18(11-12(3)4)15(19)16(14(17)21)7-9-20-10-8-16/h12-13H,5-11H2,1-4H3,(H2,17,21). The fourth-order valence-electron chi connectivity index (χ4n) is 3.08. The van der Waals surface area contributed by atoms with Crippen LogP contribution in [0.15, 0.2) is 0 Å². The van der Waals surface area contributed by atoms with E-state index in [-0.39, 0.29) is 11.9 Å². The molecule has 1 heterocycles. The Labute approximate surface area is 134 Å². The molecule has 0 aromatic heterocycles. The van der Waals surface area contributed by atoms with Crippen molar-refractivity contribution in [1.29, 1.82) is 0 Å². The Morgan fingerprint density at radius 1 is 1.29 bits per heavy atom. The van der Waals surface area contributed by atoms with Gasteiger partial charge in [-0.3, -0.25) is 4.79 Å². The molecule has 122 valence electrons. The van der Waals surface area contributed by atoms with E-state index in [0.29, 0.717) is 37.0 Å². The normalized spacial score (nSPS) is 18.0. The lowest BCUT2D eigenvalue weighted by Gasteiger charge is -2.42. The van der Waals surface area contributed by atoms with Gasteiger partial charge in [0.2, 0.25) is 5.91 Å². The summed E-state index contributed by atoms with van der Waals surface area (Å²) in [5.41, 5.74) is 5.28. The lowest BCUT2D eigenvalue weighted by atomic mass is 9.78. The Morgan fingerprint density at radius 2 is 1.81 bits per heavy atom. The molecule has 0 bridgehead atoms. The molecular weight excluding hydrogens is 284 g/mol. The Morgan fingerprint density at radius 3 is 2.19 bits per heavy atom. The molecule has 1 fully saturated rings. The molecule has 5 heteroatoms. The highest BCUT2D eigenvalue weighted by Crippen LogP contribution is 2.34. The van der Waals surface area contributed by atoms with E-state index in [1.807, 2.05) is 4.90 Å². The predicted octanol–water partition coefficient (Wildman–Crippen LogP) is 2.74. The second-order valence-corrected chi connectivity index (χ2v) is 6.82. The SMILES string of the molecule is CCC(CC)N(CC(C)C)C(=O)C1(C(N)=S)CCOCC1. The van der Waals surface area contributed by atoms with Crippen LogP contribution in [0, 0.1) is 11.3 Å². The maximum atomic E-state index is 13.3. The van der Waals surface area contributed by atoms with Crippen LogP contribution in [0.5, 0.6) is 0 Å². The van der Waals surface area contributed by atoms with Crippen LogP contribution >= 0.6 is 12.2 Å². The molecule has 21 heavy (non-hydrogen) atoms. The molecule has 1 rings (SSSR count). The summed E-state index contributed by atoms with van der Waals surface area (Å²) in [5, 5.41) is 0. The third kappa shape index (κ3) is 4.16. The van der Waals surface area contributed by atoms with Gasteiger partial charge in [-0.05, 0) is 31.6 Å². The molecule has 0 aromatic rings. The van der Waals surface area contributed by atoms with E-state index in [4.69, 9.17) is 22.7 Å². The molecule has 1 aliphatic heterocycles. The van der Waals surface area contributed by atoms with E-state index in [9.17, 15) is 4.79 Å². The van der Waals surface area contributed by atoms with Gasteiger partial charge in [-0.1, -0.05) is 39.9 Å². The maximum Gasteiger partial charge on any atom is 0.236 e. The highest BCUT2D eigenvalue weighted by atomic mass is 32.1. The highest BCUT2D eigenvalue weighted by molar-refractivity contribution is 7.80. The number of hydrogen-bond donors (Lipinski definition) is 1. The quantitative estimate of drug-likeness (QED) is 0.734. The highest BCUT2D eigenvalue weighted by Gasteiger charge is 2.46. The van der Waals surface area contributed by atoms with Crippen molar-refractivity contribution >= 4 is 23.1 Å². The van der Waals surface area contributed by atoms with Gasteiger partial charge >= 0.3 is 0 Å². The Balaban J connectivity index is 3.08. The molecule has 0 radical (unpaired) electrons. The number of rotatable bonds is 7. The van der Waals surface area contributed by atoms with Crippen LogP contribution < -0.4 is 5.73 Å². The summed E-state index contributed by atoms with van der Waals surface area (Å²) in [6, 6.07) is 0.258. The Bertz CT molecular complexity index is 361. The molecule has 1 saturated heterocycles. The van der Waals surface area contributed by atoms with Crippen molar-refractivity contribution < 1.29 is 9.53 Å². The average Bonchev–Trinajstić information content (AvgIpc) is 2.46. The largest absolute Gasteiger partial charge is 0.392 e. The van der Waals surface area contributed by atoms with Crippen LogP contribution in [-0.4, -0.2) is 41.6 Å². The van der Waals surface area contributed by atoms with Gasteiger partial charge in [0.05, 0.1) is 4.99 Å². The van der Waals surface area contributed by atoms with Gasteiger partial charge in [0, 0.05) is 25.8 Å². The third-order valence-electron chi connectivity index (χ3n) is 4.43. The van der Waals surface area contributed by atoms with Crippen LogP contribution in [0.3, 0.4) is 0 Å². The van der Waals surface area contributed by atoms with Crippen LogP contribution in [0.4, 0.5) is 0 Å². The summed E-state index contributed by atoms with van der Waals surface area (Å²) < 4.78 is 5.41. The van der Waals surface area contributed by atoms with E-state index < -0.39 is 5.41 Å². The van der Waals surface area contributed by atoms with Gasteiger partial charge < -0.3 is 15.4 Å². The van der Waals surface area contributed by atoms with Gasteiger partial charge in [0.25, 0.3) is 0 Å². The molecule has 0 unspecified atom stereocenters. The van der Waals surface area contributed by atoms with E-state index in [2.05, 4.69) is 27.7 Å². The molecule has 1 amide bonds. The molecular formula is C16H30N2O2S. The summed E-state index contributed by atoms with van der Waals surface area (Å²) in [6.45, 7) is 10.4. The fraction of sp³-hybridized carbons (Fsp3) is 0.875. The number of carbonyl (C=O) groups excluding carboxylic acids is 1. The molecule has 1 aliphatic rings. The van der Waals surface area contributed by atoms with E-state index in [0.717, 1.165) is 19.4 Å². The Hall–Kier alpha value is -0.680. The van der Waals surface area contributed by atoms with Crippen LogP contribution in [0.2, 0.25) is 0 Å². The molecule has 0 atom stereocenters. The maximum absolute atomic E-state index is 13.3. The monoisotopic (exact) mass is 314 g/mol. The molecule has 0 spiro atoms. The van der Waals surface area contributed by atoms with Crippen molar-refractivity contribution in [2.45, 2.75) is 59.4 Å². The Kier molecular flexibility index (Phi) is 7.07. The van der Waals surface area contributed by atoms with E-state index >= 15 is 0 Å². The molecule has 4 nitrogen and oxygen atoms in total. The molecule has 0 saturated carbocycles. The van der Waals surface area contributed by atoms with Gasteiger partial charge in [-0.25, -0.2) is 0 Å². The van der Waals surface area contributed by atoms with E-state index in [1.165, 1.54) is 0 Å². The van der Waals surface area contributed by atoms with Crippen molar-refractivity contribution in [3.05, 3.63) is 0 Å². The van der Waals surface area contributed by atoms with Crippen molar-refractivity contribution in [1.82, 2.24) is 4.90 Å². The van der Waals surface area contributed by atoms with Crippen molar-refractivity contribution in [3.63, 3.8) is 0 Å². The summed E-state index contributed by atoms with van der Waals surface area (Å²) in [6.07, 6.45) is 3.13. The number of hydrogen-bond acceptors (Lipinski definition) is 3. The van der Waals surface area contributed by atoms with Gasteiger partial charge in [0.15, 0.2) is 0 Å².